The number of allylic oxidation sites excluding steroid dienone is 1. The van der Waals surface area contributed by atoms with Crippen molar-refractivity contribution < 1.29 is 9.72 Å². The summed E-state index contributed by atoms with van der Waals surface area (Å²) in [7, 11) is 0. The number of carbonyl (C=O) groups excluding carboxylic acids is 1. The number of amides is 1. The van der Waals surface area contributed by atoms with E-state index in [1.807, 2.05) is 20.8 Å². The molecule has 0 spiro atoms. The van der Waals surface area contributed by atoms with Crippen LogP contribution < -0.4 is 16.0 Å². The third kappa shape index (κ3) is 4.08. The van der Waals surface area contributed by atoms with Crippen LogP contribution in [0.2, 0.25) is 0 Å². The van der Waals surface area contributed by atoms with Crippen LogP contribution in [0.4, 0.5) is 5.69 Å². The maximum atomic E-state index is 12.7. The average molecular weight is 348 g/mol. The molecule has 0 unspecified atom stereocenters. The van der Waals surface area contributed by atoms with Crippen molar-refractivity contribution in [2.75, 3.05) is 0 Å². The fourth-order valence-electron chi connectivity index (χ4n) is 2.47. The van der Waals surface area contributed by atoms with Crippen LogP contribution in [0.25, 0.3) is 0 Å². The Balaban J connectivity index is 2.47. The first-order valence-corrected chi connectivity index (χ1v) is 7.84. The Morgan fingerprint density at radius 3 is 2.62 bits per heavy atom. The number of nitrogens with one attached hydrogen (secondary N) is 3. The van der Waals surface area contributed by atoms with Gasteiger partial charge in [-0.3, -0.25) is 14.9 Å². The van der Waals surface area contributed by atoms with Gasteiger partial charge in [0, 0.05) is 23.4 Å². The zero-order valence-electron chi connectivity index (χ0n) is 14.0. The zero-order valence-corrected chi connectivity index (χ0v) is 14.8. The molecule has 1 aromatic rings. The Bertz CT molecular complexity index is 737. The topological polar surface area (TPSA) is 96.3 Å². The smallest absolute Gasteiger partial charge is 0.269 e. The molecule has 0 radical (unpaired) electrons. The van der Waals surface area contributed by atoms with Crippen molar-refractivity contribution in [2.45, 2.75) is 39.3 Å². The molecule has 0 saturated carbocycles. The van der Waals surface area contributed by atoms with E-state index in [9.17, 15) is 14.9 Å². The van der Waals surface area contributed by atoms with Crippen LogP contribution in [0.3, 0.4) is 0 Å². The van der Waals surface area contributed by atoms with E-state index in [1.165, 1.54) is 12.1 Å². The number of rotatable bonds is 3. The van der Waals surface area contributed by atoms with Gasteiger partial charge in [0.15, 0.2) is 5.11 Å². The summed E-state index contributed by atoms with van der Waals surface area (Å²) < 4.78 is 0. The molecule has 24 heavy (non-hydrogen) atoms. The monoisotopic (exact) mass is 348 g/mol. The quantitative estimate of drug-likeness (QED) is 0.441. The number of thiocarbonyl (C=S) groups is 1. The van der Waals surface area contributed by atoms with Gasteiger partial charge in [0.2, 0.25) is 0 Å². The van der Waals surface area contributed by atoms with Crippen molar-refractivity contribution in [1.82, 2.24) is 16.0 Å². The number of carbonyl (C=O) groups is 1. The van der Waals surface area contributed by atoms with Crippen molar-refractivity contribution in [1.29, 1.82) is 0 Å². The van der Waals surface area contributed by atoms with Crippen LogP contribution in [-0.4, -0.2) is 21.5 Å². The molecule has 0 saturated heterocycles. The number of benzene rings is 1. The van der Waals surface area contributed by atoms with Crippen molar-refractivity contribution in [3.63, 3.8) is 0 Å². The highest BCUT2D eigenvalue weighted by atomic mass is 32.1. The normalized spacial score (nSPS) is 17.8. The SMILES string of the molecule is CC1=C(C(=O)NC(C)(C)C)[C@@H](c2cccc([N+](=O)[O-])c2)NC(=S)N1. The summed E-state index contributed by atoms with van der Waals surface area (Å²) in [6, 6.07) is 5.63. The van der Waals surface area contributed by atoms with E-state index in [0.29, 0.717) is 21.9 Å². The molecule has 1 aliphatic heterocycles. The first kappa shape index (κ1) is 17.9. The lowest BCUT2D eigenvalue weighted by Gasteiger charge is -2.32. The molecule has 0 bridgehead atoms. The van der Waals surface area contributed by atoms with E-state index in [4.69, 9.17) is 12.2 Å². The molecule has 1 atom stereocenters. The lowest BCUT2D eigenvalue weighted by Crippen LogP contribution is -2.49. The van der Waals surface area contributed by atoms with Gasteiger partial charge >= 0.3 is 0 Å². The second-order valence-corrected chi connectivity index (χ2v) is 7.03. The van der Waals surface area contributed by atoms with Gasteiger partial charge in [0.05, 0.1) is 16.5 Å². The number of nitro groups is 1. The van der Waals surface area contributed by atoms with Crippen molar-refractivity contribution in [3.05, 3.63) is 51.2 Å². The van der Waals surface area contributed by atoms with Gasteiger partial charge in [-0.15, -0.1) is 0 Å². The third-order valence-electron chi connectivity index (χ3n) is 3.42. The summed E-state index contributed by atoms with van der Waals surface area (Å²) in [4.78, 5) is 23.3. The summed E-state index contributed by atoms with van der Waals surface area (Å²) >= 11 is 5.17. The van der Waals surface area contributed by atoms with Crippen LogP contribution in [0, 0.1) is 10.1 Å². The third-order valence-corrected chi connectivity index (χ3v) is 3.64. The van der Waals surface area contributed by atoms with Gasteiger partial charge < -0.3 is 16.0 Å². The maximum absolute atomic E-state index is 12.7. The zero-order chi connectivity index (χ0) is 18.1. The number of nitrogens with zero attached hydrogens (tertiary/aromatic N) is 1. The highest BCUT2D eigenvalue weighted by molar-refractivity contribution is 7.80. The molecule has 7 nitrogen and oxygen atoms in total. The molecule has 2 rings (SSSR count). The minimum atomic E-state index is -0.555. The lowest BCUT2D eigenvalue weighted by atomic mass is 9.94. The van der Waals surface area contributed by atoms with Crippen LogP contribution in [0.5, 0.6) is 0 Å². The average Bonchev–Trinajstić information content (AvgIpc) is 2.44. The molecule has 1 aromatic carbocycles. The number of hydrogen-bond acceptors (Lipinski definition) is 4. The van der Waals surface area contributed by atoms with Gasteiger partial charge in [-0.05, 0) is 45.5 Å². The van der Waals surface area contributed by atoms with Gasteiger partial charge in [-0.1, -0.05) is 12.1 Å². The lowest BCUT2D eigenvalue weighted by molar-refractivity contribution is -0.384. The summed E-state index contributed by atoms with van der Waals surface area (Å²) in [5.74, 6) is -0.251. The Hall–Kier alpha value is -2.48. The molecule has 1 aliphatic rings. The molecule has 3 N–H and O–H groups in total. The first-order valence-electron chi connectivity index (χ1n) is 7.43. The van der Waals surface area contributed by atoms with Crippen molar-refractivity contribution in [2.24, 2.45) is 0 Å². The van der Waals surface area contributed by atoms with E-state index < -0.39 is 16.5 Å². The molecule has 1 amide bonds. The Kier molecular flexibility index (Phi) is 4.88. The summed E-state index contributed by atoms with van der Waals surface area (Å²) in [6.07, 6.45) is 0. The molecule has 0 aliphatic carbocycles. The molecule has 128 valence electrons. The van der Waals surface area contributed by atoms with E-state index in [2.05, 4.69) is 16.0 Å². The fourth-order valence-corrected chi connectivity index (χ4v) is 2.74. The van der Waals surface area contributed by atoms with E-state index in [1.54, 1.807) is 19.1 Å². The molecular weight excluding hydrogens is 328 g/mol. The predicted molar refractivity (Wildman–Crippen MR) is 95.3 cm³/mol. The van der Waals surface area contributed by atoms with Gasteiger partial charge in [-0.25, -0.2) is 0 Å². The predicted octanol–water partition coefficient (Wildman–Crippen LogP) is 2.30. The molecule has 0 fully saturated rings. The van der Waals surface area contributed by atoms with E-state index in [-0.39, 0.29) is 11.6 Å². The Morgan fingerprint density at radius 2 is 2.04 bits per heavy atom. The minimum Gasteiger partial charge on any atom is -0.351 e. The molecule has 0 aromatic heterocycles. The maximum Gasteiger partial charge on any atom is 0.269 e. The second kappa shape index (κ2) is 6.56. The van der Waals surface area contributed by atoms with Gasteiger partial charge in [0.25, 0.3) is 11.6 Å². The number of hydrogen-bond donors (Lipinski definition) is 3. The number of nitro benzene ring substituents is 1. The Morgan fingerprint density at radius 1 is 1.38 bits per heavy atom. The fraction of sp³-hybridized carbons (Fsp3) is 0.375. The van der Waals surface area contributed by atoms with E-state index >= 15 is 0 Å². The minimum absolute atomic E-state index is 0.0352. The summed E-state index contributed by atoms with van der Waals surface area (Å²) in [5, 5.41) is 20.3. The molecule has 8 heteroatoms. The highest BCUT2D eigenvalue weighted by Crippen LogP contribution is 2.29. The largest absolute Gasteiger partial charge is 0.351 e. The second-order valence-electron chi connectivity index (χ2n) is 6.63. The molecule has 1 heterocycles. The van der Waals surface area contributed by atoms with Gasteiger partial charge in [0.1, 0.15) is 0 Å². The van der Waals surface area contributed by atoms with Crippen molar-refractivity contribution >= 4 is 28.9 Å². The van der Waals surface area contributed by atoms with E-state index in [0.717, 1.165) is 0 Å². The summed E-state index contributed by atoms with van der Waals surface area (Å²) in [6.45, 7) is 7.42. The first-order chi connectivity index (χ1) is 11.1. The van der Waals surface area contributed by atoms with Gasteiger partial charge in [-0.2, -0.15) is 0 Å². The summed E-state index contributed by atoms with van der Waals surface area (Å²) in [5.41, 5.74) is 1.24. The van der Waals surface area contributed by atoms with Crippen LogP contribution in [0.1, 0.15) is 39.3 Å². The molecular formula is C16H20N4O3S. The van der Waals surface area contributed by atoms with Crippen molar-refractivity contribution in [3.8, 4) is 0 Å². The Labute approximate surface area is 145 Å². The highest BCUT2D eigenvalue weighted by Gasteiger charge is 2.32. The standard InChI is InChI=1S/C16H20N4O3S/c1-9-12(14(21)19-16(2,3)4)13(18-15(24)17-9)10-6-5-7-11(8-10)20(22)23/h5-8,13H,1-4H3,(H,19,21)(H2,17,18,24)/t13-/m1/s1. The number of non-ortho nitro benzene ring substituents is 1. The van der Waals surface area contributed by atoms with Crippen LogP contribution >= 0.6 is 12.2 Å². The van der Waals surface area contributed by atoms with Crippen LogP contribution in [-0.2, 0) is 4.79 Å². The van der Waals surface area contributed by atoms with Crippen LogP contribution in [0.15, 0.2) is 35.5 Å².